The number of hydrogen-bond donors (Lipinski definition) is 2. The molecule has 4 heteroatoms. The number of rotatable bonds is 3. The van der Waals surface area contributed by atoms with E-state index in [1.165, 1.54) is 35.4 Å². The largest absolute Gasteiger partial charge is 0.478 e. The maximum Gasteiger partial charge on any atom is 0.336 e. The van der Waals surface area contributed by atoms with Gasteiger partial charge in [-0.05, 0) is 23.3 Å². The zero-order chi connectivity index (χ0) is 17.4. The molecule has 0 unspecified atom stereocenters. The smallest absolute Gasteiger partial charge is 0.336 e. The second kappa shape index (κ2) is 8.29. The summed E-state index contributed by atoms with van der Waals surface area (Å²) in [6.45, 7) is 0. The zero-order valence-electron chi connectivity index (χ0n) is 12.8. The predicted molar refractivity (Wildman–Crippen MR) is 92.2 cm³/mol. The molecule has 0 atom stereocenters. The van der Waals surface area contributed by atoms with Crippen LogP contribution < -0.4 is 0 Å². The minimum absolute atomic E-state index is 0.190. The van der Waals surface area contributed by atoms with E-state index < -0.39 is 11.9 Å². The number of aromatic carboxylic acids is 2. The third-order valence-corrected chi connectivity index (χ3v) is 3.27. The van der Waals surface area contributed by atoms with Crippen LogP contribution >= 0.6 is 0 Å². The van der Waals surface area contributed by atoms with Gasteiger partial charge in [-0.1, -0.05) is 72.8 Å². The first-order chi connectivity index (χ1) is 11.6. The molecule has 0 bridgehead atoms. The van der Waals surface area contributed by atoms with Crippen molar-refractivity contribution >= 4 is 11.9 Å². The highest BCUT2D eigenvalue weighted by Gasteiger charge is 2.13. The minimum atomic E-state index is -1.23. The van der Waals surface area contributed by atoms with E-state index >= 15 is 0 Å². The first-order valence-electron chi connectivity index (χ1n) is 7.25. The molecule has 4 nitrogen and oxygen atoms in total. The molecule has 0 fully saturated rings. The fourth-order valence-electron chi connectivity index (χ4n) is 2.12. The Kier molecular flexibility index (Phi) is 5.86. The molecular formula is C20H16O4. The summed E-state index contributed by atoms with van der Waals surface area (Å²) < 4.78 is 0. The van der Waals surface area contributed by atoms with Gasteiger partial charge in [0.05, 0.1) is 11.1 Å². The highest BCUT2D eigenvalue weighted by molar-refractivity contribution is 6.01. The van der Waals surface area contributed by atoms with Crippen LogP contribution in [0.25, 0.3) is 11.1 Å². The highest BCUT2D eigenvalue weighted by atomic mass is 16.4. The molecule has 2 N–H and O–H groups in total. The maximum absolute atomic E-state index is 10.5. The van der Waals surface area contributed by atoms with Crippen LogP contribution in [0, 0.1) is 0 Å². The lowest BCUT2D eigenvalue weighted by Crippen LogP contribution is -2.06. The van der Waals surface area contributed by atoms with Gasteiger partial charge in [0, 0.05) is 0 Å². The summed E-state index contributed by atoms with van der Waals surface area (Å²) in [7, 11) is 0. The van der Waals surface area contributed by atoms with Crippen molar-refractivity contribution in [3.63, 3.8) is 0 Å². The van der Waals surface area contributed by atoms with Crippen LogP contribution in [0.1, 0.15) is 20.7 Å². The molecule has 0 saturated carbocycles. The topological polar surface area (TPSA) is 74.6 Å². The molecule has 3 rings (SSSR count). The van der Waals surface area contributed by atoms with Gasteiger partial charge in [-0.2, -0.15) is 0 Å². The molecule has 0 saturated heterocycles. The van der Waals surface area contributed by atoms with E-state index in [2.05, 4.69) is 48.5 Å². The molecule has 0 radical (unpaired) electrons. The summed E-state index contributed by atoms with van der Waals surface area (Å²) in [6, 6.07) is 26.3. The van der Waals surface area contributed by atoms with Crippen LogP contribution in [-0.4, -0.2) is 22.2 Å². The summed E-state index contributed by atoms with van der Waals surface area (Å²) in [5.74, 6) is -2.46. The number of hydrogen-bond acceptors (Lipinski definition) is 2. The van der Waals surface area contributed by atoms with E-state index in [4.69, 9.17) is 10.2 Å². The lowest BCUT2D eigenvalue weighted by Gasteiger charge is -1.98. The Hall–Kier alpha value is -3.40. The Morgan fingerprint density at radius 2 is 0.792 bits per heavy atom. The van der Waals surface area contributed by atoms with Gasteiger partial charge >= 0.3 is 11.9 Å². The third kappa shape index (κ3) is 4.55. The molecule has 0 aromatic heterocycles. The Labute approximate surface area is 139 Å². The van der Waals surface area contributed by atoms with Gasteiger partial charge in [-0.15, -0.1) is 0 Å². The average Bonchev–Trinajstić information content (AvgIpc) is 2.63. The molecule has 0 heterocycles. The van der Waals surface area contributed by atoms with Crippen molar-refractivity contribution < 1.29 is 19.8 Å². The van der Waals surface area contributed by atoms with Crippen molar-refractivity contribution in [2.75, 3.05) is 0 Å². The minimum Gasteiger partial charge on any atom is -0.478 e. The van der Waals surface area contributed by atoms with Crippen LogP contribution in [-0.2, 0) is 0 Å². The molecule has 0 aliphatic carbocycles. The molecular weight excluding hydrogens is 304 g/mol. The fourth-order valence-corrected chi connectivity index (χ4v) is 2.12. The van der Waals surface area contributed by atoms with Crippen molar-refractivity contribution in [3.8, 4) is 11.1 Å². The summed E-state index contributed by atoms with van der Waals surface area (Å²) in [4.78, 5) is 20.9. The van der Waals surface area contributed by atoms with Gasteiger partial charge in [0.2, 0.25) is 0 Å². The van der Waals surface area contributed by atoms with E-state index in [0.717, 1.165) is 0 Å². The molecule has 3 aromatic rings. The number of carbonyl (C=O) groups is 2. The monoisotopic (exact) mass is 320 g/mol. The summed E-state index contributed by atoms with van der Waals surface area (Å²) in [5.41, 5.74) is 2.17. The lowest BCUT2D eigenvalue weighted by atomic mass is 10.1. The van der Waals surface area contributed by atoms with Crippen molar-refractivity contribution in [1.82, 2.24) is 0 Å². The summed E-state index contributed by atoms with van der Waals surface area (Å²) >= 11 is 0. The van der Waals surface area contributed by atoms with Gasteiger partial charge in [-0.3, -0.25) is 0 Å². The second-order valence-corrected chi connectivity index (χ2v) is 4.89. The Bertz CT molecular complexity index is 741. The molecule has 0 amide bonds. The Balaban J connectivity index is 0.000000174. The van der Waals surface area contributed by atoms with E-state index in [1.54, 1.807) is 0 Å². The summed E-state index contributed by atoms with van der Waals surface area (Å²) in [5, 5.41) is 17.1. The van der Waals surface area contributed by atoms with E-state index in [0.29, 0.717) is 0 Å². The van der Waals surface area contributed by atoms with Crippen molar-refractivity contribution in [2.24, 2.45) is 0 Å². The van der Waals surface area contributed by atoms with Gasteiger partial charge in [0.15, 0.2) is 0 Å². The maximum atomic E-state index is 10.5. The molecule has 3 aromatic carbocycles. The average molecular weight is 320 g/mol. The third-order valence-electron chi connectivity index (χ3n) is 3.27. The van der Waals surface area contributed by atoms with Crippen LogP contribution in [0.15, 0.2) is 84.9 Å². The first-order valence-corrected chi connectivity index (χ1v) is 7.25. The van der Waals surface area contributed by atoms with Gasteiger partial charge < -0.3 is 10.2 Å². The van der Waals surface area contributed by atoms with Gasteiger partial charge in [0.25, 0.3) is 0 Å². The number of carboxylic acids is 2. The lowest BCUT2D eigenvalue weighted by molar-refractivity contribution is 0.0651. The fraction of sp³-hybridized carbons (Fsp3) is 0. The normalized spacial score (nSPS) is 9.50. The second-order valence-electron chi connectivity index (χ2n) is 4.89. The number of carboxylic acid groups (broad SMARTS) is 2. The standard InChI is InChI=1S/C12H10.C8H6O4/c1-3-7-11(8-4-1)12-9-5-2-6-10-12;9-7(10)5-3-1-2-4-6(5)8(11)12/h1-10H;1-4H,(H,9,10)(H,11,12). The van der Waals surface area contributed by atoms with Gasteiger partial charge in [0.1, 0.15) is 0 Å². The quantitative estimate of drug-likeness (QED) is 0.748. The molecule has 24 heavy (non-hydrogen) atoms. The molecule has 0 aliphatic heterocycles. The van der Waals surface area contributed by atoms with E-state index in [1.807, 2.05) is 12.1 Å². The van der Waals surface area contributed by atoms with Gasteiger partial charge in [-0.25, -0.2) is 9.59 Å². The Morgan fingerprint density at radius 3 is 1.08 bits per heavy atom. The highest BCUT2D eigenvalue weighted by Crippen LogP contribution is 2.17. The van der Waals surface area contributed by atoms with Crippen LogP contribution in [0.3, 0.4) is 0 Å². The predicted octanol–water partition coefficient (Wildman–Crippen LogP) is 4.44. The van der Waals surface area contributed by atoms with E-state index in [9.17, 15) is 9.59 Å². The SMILES string of the molecule is O=C(O)c1ccccc1C(=O)O.c1ccc(-c2ccccc2)cc1. The van der Waals surface area contributed by atoms with Crippen molar-refractivity contribution in [3.05, 3.63) is 96.1 Å². The van der Waals surface area contributed by atoms with Crippen LogP contribution in [0.4, 0.5) is 0 Å². The Morgan fingerprint density at radius 1 is 0.500 bits per heavy atom. The summed E-state index contributed by atoms with van der Waals surface area (Å²) in [6.07, 6.45) is 0. The number of benzene rings is 3. The zero-order valence-corrected chi connectivity index (χ0v) is 12.8. The van der Waals surface area contributed by atoms with Crippen LogP contribution in [0.2, 0.25) is 0 Å². The molecule has 120 valence electrons. The molecule has 0 spiro atoms. The first kappa shape index (κ1) is 17.0. The van der Waals surface area contributed by atoms with Crippen molar-refractivity contribution in [2.45, 2.75) is 0 Å². The van der Waals surface area contributed by atoms with Crippen LogP contribution in [0.5, 0.6) is 0 Å². The molecule has 0 aliphatic rings. The van der Waals surface area contributed by atoms with Crippen molar-refractivity contribution in [1.29, 1.82) is 0 Å². The van der Waals surface area contributed by atoms with E-state index in [-0.39, 0.29) is 11.1 Å².